The van der Waals surface area contributed by atoms with Crippen molar-refractivity contribution >= 4 is 45.8 Å². The summed E-state index contributed by atoms with van der Waals surface area (Å²) in [7, 11) is 0. The molecule has 3 N–H and O–H groups in total. The van der Waals surface area contributed by atoms with Gasteiger partial charge in [-0.2, -0.15) is 0 Å². The Morgan fingerprint density at radius 1 is 1.38 bits per heavy atom. The Balaban J connectivity index is 2.01. The average molecular weight is 363 g/mol. The molecular formula is C16H17N3O3S2. The van der Waals surface area contributed by atoms with Crippen LogP contribution in [0.5, 0.6) is 0 Å². The molecule has 0 fully saturated rings. The Labute approximate surface area is 146 Å². The van der Waals surface area contributed by atoms with Crippen LogP contribution in [-0.2, 0) is 15.9 Å². The van der Waals surface area contributed by atoms with Crippen LogP contribution in [0.4, 0.5) is 11.4 Å². The lowest BCUT2D eigenvalue weighted by atomic mass is 10.0. The van der Waals surface area contributed by atoms with Gasteiger partial charge in [-0.3, -0.25) is 0 Å². The van der Waals surface area contributed by atoms with Crippen molar-refractivity contribution in [2.45, 2.75) is 12.1 Å². The quantitative estimate of drug-likeness (QED) is 0.603. The lowest BCUT2D eigenvalue weighted by Gasteiger charge is -2.36. The third kappa shape index (κ3) is 3.46. The molecule has 2 heterocycles. The zero-order chi connectivity index (χ0) is 17.1. The molecule has 3 rings (SSSR count). The molecule has 3 unspecified atom stereocenters. The van der Waals surface area contributed by atoms with Crippen molar-refractivity contribution in [2.24, 2.45) is 10.7 Å². The largest absolute Gasteiger partial charge is 0.353 e. The standard InChI is InChI=1S/C16H17N3O3S2/c17-11(10-24(21)22)8-19-13-5-2-1-4-12(13)18-16(14(19)9-20)15-6-3-7-23-15/h1-7,9,11,14H,8,10,17H2,(H,21,22). The van der Waals surface area contributed by atoms with Gasteiger partial charge in [0, 0.05) is 12.6 Å². The molecule has 0 radical (unpaired) electrons. The molecule has 0 saturated heterocycles. The molecule has 0 aliphatic carbocycles. The van der Waals surface area contributed by atoms with E-state index in [0.717, 1.165) is 22.5 Å². The minimum absolute atomic E-state index is 0.0459. The minimum Gasteiger partial charge on any atom is -0.353 e. The van der Waals surface area contributed by atoms with Crippen LogP contribution >= 0.6 is 11.3 Å². The number of anilines is 1. The highest BCUT2D eigenvalue weighted by Crippen LogP contribution is 2.36. The fourth-order valence-electron chi connectivity index (χ4n) is 2.76. The third-order valence-corrected chi connectivity index (χ3v) is 5.34. The van der Waals surface area contributed by atoms with E-state index in [2.05, 4.69) is 4.99 Å². The molecule has 1 aliphatic heterocycles. The van der Waals surface area contributed by atoms with E-state index in [9.17, 15) is 9.00 Å². The van der Waals surface area contributed by atoms with Gasteiger partial charge < -0.3 is 20.0 Å². The van der Waals surface area contributed by atoms with Gasteiger partial charge in [0.1, 0.15) is 12.3 Å². The first kappa shape index (κ1) is 17.0. The van der Waals surface area contributed by atoms with Crippen LogP contribution in [0.1, 0.15) is 4.88 Å². The molecular weight excluding hydrogens is 346 g/mol. The van der Waals surface area contributed by atoms with Crippen LogP contribution < -0.4 is 10.6 Å². The van der Waals surface area contributed by atoms with Gasteiger partial charge in [-0.15, -0.1) is 11.3 Å². The van der Waals surface area contributed by atoms with E-state index in [1.165, 1.54) is 11.3 Å². The number of rotatable bonds is 6. The average Bonchev–Trinajstić information content (AvgIpc) is 3.08. The van der Waals surface area contributed by atoms with Crippen LogP contribution in [0.2, 0.25) is 0 Å². The zero-order valence-corrected chi connectivity index (χ0v) is 14.4. The van der Waals surface area contributed by atoms with E-state index in [0.29, 0.717) is 5.71 Å². The molecule has 8 heteroatoms. The lowest BCUT2D eigenvalue weighted by molar-refractivity contribution is -0.107. The van der Waals surface area contributed by atoms with Crippen molar-refractivity contribution in [2.75, 3.05) is 17.2 Å². The fraction of sp³-hybridized carbons (Fsp3) is 0.250. The maximum Gasteiger partial charge on any atom is 0.154 e. The smallest absolute Gasteiger partial charge is 0.154 e. The van der Waals surface area contributed by atoms with Crippen LogP contribution in [0.3, 0.4) is 0 Å². The van der Waals surface area contributed by atoms with E-state index in [1.807, 2.05) is 46.7 Å². The summed E-state index contributed by atoms with van der Waals surface area (Å²) < 4.78 is 20.1. The number of carbonyl (C=O) groups excluding carboxylic acids is 1. The molecule has 0 bridgehead atoms. The predicted molar refractivity (Wildman–Crippen MR) is 97.8 cm³/mol. The van der Waals surface area contributed by atoms with Gasteiger partial charge >= 0.3 is 0 Å². The Kier molecular flexibility index (Phi) is 5.20. The van der Waals surface area contributed by atoms with E-state index < -0.39 is 23.2 Å². The highest BCUT2D eigenvalue weighted by atomic mass is 32.2. The van der Waals surface area contributed by atoms with E-state index in [4.69, 9.17) is 10.3 Å². The van der Waals surface area contributed by atoms with Crippen molar-refractivity contribution in [3.63, 3.8) is 0 Å². The number of benzene rings is 1. The number of thiophene rings is 1. The third-order valence-electron chi connectivity index (χ3n) is 3.74. The maximum absolute atomic E-state index is 11.8. The van der Waals surface area contributed by atoms with Crippen molar-refractivity contribution in [3.8, 4) is 0 Å². The normalized spacial score (nSPS) is 19.3. The Bertz CT molecular complexity index is 777. The van der Waals surface area contributed by atoms with Gasteiger partial charge in [-0.1, -0.05) is 18.2 Å². The predicted octanol–water partition coefficient (Wildman–Crippen LogP) is 1.81. The lowest BCUT2D eigenvalue weighted by Crippen LogP contribution is -2.51. The maximum atomic E-state index is 11.8. The highest BCUT2D eigenvalue weighted by Gasteiger charge is 2.32. The van der Waals surface area contributed by atoms with Gasteiger partial charge in [0.05, 0.1) is 27.7 Å². The monoisotopic (exact) mass is 363 g/mol. The number of nitrogens with two attached hydrogens (primary N) is 1. The molecule has 6 nitrogen and oxygen atoms in total. The second-order valence-electron chi connectivity index (χ2n) is 5.44. The topological polar surface area (TPSA) is 96.0 Å². The van der Waals surface area contributed by atoms with Gasteiger partial charge in [0.25, 0.3) is 0 Å². The highest BCUT2D eigenvalue weighted by molar-refractivity contribution is 7.79. The Morgan fingerprint density at radius 2 is 2.17 bits per heavy atom. The number of aldehydes is 1. The summed E-state index contributed by atoms with van der Waals surface area (Å²) in [6, 6.07) is 10.2. The van der Waals surface area contributed by atoms with E-state index in [1.54, 1.807) is 0 Å². The molecule has 0 amide bonds. The number of hydrogen-bond acceptors (Lipinski definition) is 6. The summed E-state index contributed by atoms with van der Waals surface area (Å²) in [5, 5.41) is 1.94. The van der Waals surface area contributed by atoms with Gasteiger partial charge in [0.15, 0.2) is 11.1 Å². The number of carbonyl (C=O) groups is 1. The molecule has 2 aromatic rings. The molecule has 126 valence electrons. The number of nitrogens with zero attached hydrogens (tertiary/aromatic N) is 2. The summed E-state index contributed by atoms with van der Waals surface area (Å²) in [5.74, 6) is -0.0459. The van der Waals surface area contributed by atoms with Crippen LogP contribution in [-0.4, -0.2) is 45.1 Å². The van der Waals surface area contributed by atoms with Crippen molar-refractivity contribution in [3.05, 3.63) is 46.7 Å². The fourth-order valence-corrected chi connectivity index (χ4v) is 3.98. The first-order valence-electron chi connectivity index (χ1n) is 7.36. The number of hydrogen-bond donors (Lipinski definition) is 2. The van der Waals surface area contributed by atoms with Gasteiger partial charge in [0.2, 0.25) is 0 Å². The van der Waals surface area contributed by atoms with Gasteiger partial charge in [-0.05, 0) is 23.6 Å². The Morgan fingerprint density at radius 3 is 2.83 bits per heavy atom. The number of para-hydroxylation sites is 2. The summed E-state index contributed by atoms with van der Waals surface area (Å²) >= 11 is -0.459. The summed E-state index contributed by atoms with van der Waals surface area (Å²) in [4.78, 5) is 19.3. The minimum atomic E-state index is -1.98. The molecule has 24 heavy (non-hydrogen) atoms. The molecule has 1 aromatic carbocycles. The van der Waals surface area contributed by atoms with Crippen LogP contribution in [0.15, 0.2) is 46.8 Å². The number of aliphatic imine (C=N–C) groups is 1. The van der Waals surface area contributed by atoms with Crippen LogP contribution in [0.25, 0.3) is 0 Å². The SMILES string of the molecule is NC(CN1c2ccccc2N=C(c2cccs2)C1C=O)CS(=O)O. The summed E-state index contributed by atoms with van der Waals surface area (Å²) in [6.45, 7) is 0.289. The molecule has 3 atom stereocenters. The molecule has 0 saturated carbocycles. The van der Waals surface area contributed by atoms with E-state index >= 15 is 0 Å². The van der Waals surface area contributed by atoms with E-state index in [-0.39, 0.29) is 12.3 Å². The van der Waals surface area contributed by atoms with Crippen molar-refractivity contribution < 1.29 is 13.6 Å². The first-order chi connectivity index (χ1) is 11.6. The second kappa shape index (κ2) is 7.35. The van der Waals surface area contributed by atoms with Gasteiger partial charge in [-0.25, -0.2) is 9.20 Å². The Hall–Kier alpha value is -1.87. The summed E-state index contributed by atoms with van der Waals surface area (Å²) in [6.07, 6.45) is 0.844. The number of fused-ring (bicyclic) bond motifs is 1. The second-order valence-corrected chi connectivity index (χ2v) is 7.37. The molecule has 1 aromatic heterocycles. The van der Waals surface area contributed by atoms with Crippen molar-refractivity contribution in [1.29, 1.82) is 0 Å². The zero-order valence-electron chi connectivity index (χ0n) is 12.7. The van der Waals surface area contributed by atoms with Crippen molar-refractivity contribution in [1.82, 2.24) is 0 Å². The first-order valence-corrected chi connectivity index (χ1v) is 9.52. The van der Waals surface area contributed by atoms with Crippen LogP contribution in [0, 0.1) is 0 Å². The molecule has 1 aliphatic rings. The summed E-state index contributed by atoms with van der Waals surface area (Å²) in [5.41, 5.74) is 8.23. The molecule has 0 spiro atoms.